The topological polar surface area (TPSA) is 129 Å². The SMILES string of the molecule is CCCC(CCC)C(C(=O)O)C(C(=O)O)(C(CCC)CCC)S(=O)(=O)O.[H-].[Na+]. The summed E-state index contributed by atoms with van der Waals surface area (Å²) in [5, 5.41) is 19.9. The molecule has 9 heteroatoms. The minimum Gasteiger partial charge on any atom is -1.00 e. The van der Waals surface area contributed by atoms with Crippen molar-refractivity contribution in [1.82, 2.24) is 0 Å². The molecule has 156 valence electrons. The molecule has 0 aliphatic heterocycles. The summed E-state index contributed by atoms with van der Waals surface area (Å²) in [4.78, 5) is 24.5. The van der Waals surface area contributed by atoms with Gasteiger partial charge < -0.3 is 11.6 Å². The Balaban J connectivity index is -0.00000312. The van der Waals surface area contributed by atoms with Gasteiger partial charge in [-0.1, -0.05) is 53.4 Å². The van der Waals surface area contributed by atoms with Gasteiger partial charge in [-0.25, -0.2) is 0 Å². The van der Waals surface area contributed by atoms with Crippen LogP contribution >= 0.6 is 0 Å². The van der Waals surface area contributed by atoms with Gasteiger partial charge in [-0.15, -0.1) is 0 Å². The molecule has 2 unspecified atom stereocenters. The number of hydrogen-bond acceptors (Lipinski definition) is 4. The van der Waals surface area contributed by atoms with Crippen LogP contribution in [0.3, 0.4) is 0 Å². The van der Waals surface area contributed by atoms with Crippen LogP contribution in [-0.4, -0.2) is 39.9 Å². The summed E-state index contributed by atoms with van der Waals surface area (Å²) >= 11 is 0. The van der Waals surface area contributed by atoms with E-state index in [1.165, 1.54) is 0 Å². The number of carbonyl (C=O) groups is 2. The maximum absolute atomic E-state index is 12.5. The van der Waals surface area contributed by atoms with Crippen molar-refractivity contribution in [3.8, 4) is 0 Å². The van der Waals surface area contributed by atoms with Gasteiger partial charge in [-0.05, 0) is 37.5 Å². The third-order valence-electron chi connectivity index (χ3n) is 5.16. The molecule has 0 rings (SSSR count). The molecule has 0 aromatic heterocycles. The van der Waals surface area contributed by atoms with Crippen molar-refractivity contribution >= 4 is 22.1 Å². The number of aliphatic carboxylic acids is 2. The fourth-order valence-corrected chi connectivity index (χ4v) is 5.76. The molecule has 0 fully saturated rings. The van der Waals surface area contributed by atoms with Gasteiger partial charge in [0.05, 0.1) is 5.92 Å². The predicted octanol–water partition coefficient (Wildman–Crippen LogP) is 0.948. The first-order valence-electron chi connectivity index (χ1n) is 9.49. The molecule has 0 saturated heterocycles. The maximum Gasteiger partial charge on any atom is 1.00 e. The average molecular weight is 419 g/mol. The molecular formula is C18H35NaO7S. The molecule has 3 N–H and O–H groups in total. The maximum atomic E-state index is 12.5. The first kappa shape index (κ1) is 29.1. The van der Waals surface area contributed by atoms with Crippen molar-refractivity contribution in [2.24, 2.45) is 17.8 Å². The van der Waals surface area contributed by atoms with E-state index in [-0.39, 0.29) is 43.8 Å². The Kier molecular flexibility index (Phi) is 14.1. The molecule has 0 bridgehead atoms. The largest absolute Gasteiger partial charge is 1.00 e. The van der Waals surface area contributed by atoms with Crippen molar-refractivity contribution in [2.45, 2.75) is 83.8 Å². The molecule has 0 amide bonds. The fourth-order valence-electron chi connectivity index (χ4n) is 4.27. The molecule has 0 heterocycles. The van der Waals surface area contributed by atoms with Gasteiger partial charge in [0.25, 0.3) is 10.1 Å². The summed E-state index contributed by atoms with van der Waals surface area (Å²) < 4.78 is 32.2. The van der Waals surface area contributed by atoms with Crippen LogP contribution in [0.4, 0.5) is 0 Å². The summed E-state index contributed by atoms with van der Waals surface area (Å²) in [6, 6.07) is 0. The molecule has 0 spiro atoms. The number of carboxylic acids is 2. The molecule has 2 atom stereocenters. The number of rotatable bonds is 14. The second-order valence-electron chi connectivity index (χ2n) is 7.00. The molecule has 0 aliphatic carbocycles. The summed E-state index contributed by atoms with van der Waals surface area (Å²) in [5.74, 6) is -6.55. The minimum atomic E-state index is -5.18. The molecule has 0 aromatic carbocycles. The molecule has 7 nitrogen and oxygen atoms in total. The molecule has 0 aliphatic rings. The van der Waals surface area contributed by atoms with Crippen LogP contribution in [-0.2, 0) is 19.7 Å². The molecule has 27 heavy (non-hydrogen) atoms. The van der Waals surface area contributed by atoms with E-state index in [2.05, 4.69) is 0 Å². The Labute approximate surface area is 186 Å². The van der Waals surface area contributed by atoms with Crippen molar-refractivity contribution in [3.63, 3.8) is 0 Å². The summed E-state index contributed by atoms with van der Waals surface area (Å²) in [7, 11) is -5.18. The third-order valence-corrected chi connectivity index (χ3v) is 6.78. The summed E-state index contributed by atoms with van der Waals surface area (Å²) in [6.07, 6.45) is 3.40. The van der Waals surface area contributed by atoms with E-state index < -0.39 is 44.6 Å². The van der Waals surface area contributed by atoms with E-state index >= 15 is 0 Å². The summed E-state index contributed by atoms with van der Waals surface area (Å²) in [5.41, 5.74) is 0. The quantitative estimate of drug-likeness (QED) is 0.283. The van der Waals surface area contributed by atoms with Gasteiger partial charge in [-0.2, -0.15) is 8.42 Å². The zero-order chi connectivity index (χ0) is 20.5. The van der Waals surface area contributed by atoms with Gasteiger partial charge in [0.1, 0.15) is 0 Å². The van der Waals surface area contributed by atoms with Gasteiger partial charge in [0.2, 0.25) is 4.75 Å². The smallest absolute Gasteiger partial charge is 1.00 e. The van der Waals surface area contributed by atoms with Crippen LogP contribution < -0.4 is 29.6 Å². The van der Waals surface area contributed by atoms with E-state index in [0.717, 1.165) is 0 Å². The van der Waals surface area contributed by atoms with Gasteiger partial charge in [-0.3, -0.25) is 14.1 Å². The molecule has 0 aromatic rings. The standard InChI is InChI=1S/C18H34O7S.Na.H/c1-5-9-13(10-6-2)15(16(19)20)18(17(21)22,26(23,24)25)14(11-7-3)12-8-4;;/h13-15H,5-12H2,1-4H3,(H,19,20)(H,21,22)(H,23,24,25);;/q;+1;-1. The van der Waals surface area contributed by atoms with E-state index in [4.69, 9.17) is 0 Å². The van der Waals surface area contributed by atoms with Crippen molar-refractivity contribution < 1.29 is 63.8 Å². The minimum absolute atomic E-state index is 0. The molecule has 0 radical (unpaired) electrons. The van der Waals surface area contributed by atoms with Crippen molar-refractivity contribution in [3.05, 3.63) is 0 Å². The zero-order valence-electron chi connectivity index (χ0n) is 18.3. The normalized spacial score (nSPS) is 15.2. The van der Waals surface area contributed by atoms with Crippen LogP contribution in [0, 0.1) is 17.8 Å². The van der Waals surface area contributed by atoms with Crippen LogP contribution in [0.15, 0.2) is 0 Å². The van der Waals surface area contributed by atoms with Gasteiger partial charge in [0.15, 0.2) is 0 Å². The summed E-state index contributed by atoms with van der Waals surface area (Å²) in [6.45, 7) is 7.25. The Morgan fingerprint density at radius 2 is 1.26 bits per heavy atom. The first-order chi connectivity index (χ1) is 12.1. The van der Waals surface area contributed by atoms with E-state index in [0.29, 0.717) is 38.5 Å². The van der Waals surface area contributed by atoms with Gasteiger partial charge >= 0.3 is 41.5 Å². The van der Waals surface area contributed by atoms with Crippen LogP contribution in [0.1, 0.15) is 80.5 Å². The number of hydrogen-bond donors (Lipinski definition) is 3. The van der Waals surface area contributed by atoms with E-state index in [1.54, 1.807) is 13.8 Å². The fraction of sp³-hybridized carbons (Fsp3) is 0.889. The first-order valence-corrected chi connectivity index (χ1v) is 10.9. The third kappa shape index (κ3) is 6.70. The van der Waals surface area contributed by atoms with Gasteiger partial charge in [0, 0.05) is 0 Å². The zero-order valence-corrected chi connectivity index (χ0v) is 20.1. The second kappa shape index (κ2) is 13.1. The Morgan fingerprint density at radius 3 is 1.48 bits per heavy atom. The monoisotopic (exact) mass is 418 g/mol. The Bertz CT molecular complexity index is 558. The van der Waals surface area contributed by atoms with Crippen LogP contribution in [0.5, 0.6) is 0 Å². The predicted molar refractivity (Wildman–Crippen MR) is 101 cm³/mol. The van der Waals surface area contributed by atoms with Crippen LogP contribution in [0.2, 0.25) is 0 Å². The second-order valence-corrected chi connectivity index (χ2v) is 8.63. The van der Waals surface area contributed by atoms with Crippen molar-refractivity contribution in [2.75, 3.05) is 0 Å². The Hall–Kier alpha value is -0.150. The van der Waals surface area contributed by atoms with E-state index in [1.807, 2.05) is 13.8 Å². The molecular weight excluding hydrogens is 383 g/mol. The number of carboxylic acid groups (broad SMARTS) is 2. The Morgan fingerprint density at radius 1 is 0.889 bits per heavy atom. The average Bonchev–Trinajstić information content (AvgIpc) is 2.50. The molecule has 0 saturated carbocycles. The van der Waals surface area contributed by atoms with Crippen molar-refractivity contribution in [1.29, 1.82) is 0 Å². The van der Waals surface area contributed by atoms with Crippen LogP contribution in [0.25, 0.3) is 0 Å². The van der Waals surface area contributed by atoms with E-state index in [9.17, 15) is 32.8 Å².